The number of hydrogen-bond donors (Lipinski definition) is 0. The molecule has 6 bridgehead atoms. The predicted octanol–water partition coefficient (Wildman–Crippen LogP) is 13.3. The van der Waals surface area contributed by atoms with Crippen LogP contribution in [0.4, 0.5) is 0 Å². The molecule has 0 spiro atoms. The first-order chi connectivity index (χ1) is 30.1. The Morgan fingerprint density at radius 2 is 1.08 bits per heavy atom. The molecule has 0 radical (unpaired) electrons. The Balaban J connectivity index is 1.23. The maximum Gasteiger partial charge on any atom is 0.238 e. The molecule has 5 heterocycles. The minimum absolute atomic E-state index is 0.535. The quantitative estimate of drug-likeness (QED) is 0.175. The Morgan fingerprint density at radius 1 is 0.459 bits per heavy atom. The molecule has 0 saturated carbocycles. The van der Waals surface area contributed by atoms with E-state index in [4.69, 9.17) is 19.9 Å². The third kappa shape index (κ3) is 4.40. The second-order valence-electron chi connectivity index (χ2n) is 16.4. The minimum Gasteiger partial charge on any atom is -0.307 e. The van der Waals surface area contributed by atoms with Gasteiger partial charge in [-0.2, -0.15) is 9.97 Å². The van der Waals surface area contributed by atoms with E-state index in [1.807, 2.05) is 18.2 Å². The fraction of sp³-hybridized carbons (Fsp3) is 0.0370. The predicted molar refractivity (Wildman–Crippen MR) is 249 cm³/mol. The molecule has 8 aromatic carbocycles. The molecule has 0 amide bonds. The lowest BCUT2D eigenvalue weighted by Gasteiger charge is -2.29. The Labute approximate surface area is 353 Å². The third-order valence-corrected chi connectivity index (χ3v) is 14.4. The van der Waals surface area contributed by atoms with Crippen molar-refractivity contribution in [3.8, 4) is 56.1 Å². The summed E-state index contributed by atoms with van der Waals surface area (Å²) >= 11 is 1.69. The van der Waals surface area contributed by atoms with E-state index in [2.05, 4.69) is 174 Å². The van der Waals surface area contributed by atoms with Crippen LogP contribution in [0, 0.1) is 0 Å². The van der Waals surface area contributed by atoms with Crippen molar-refractivity contribution in [3.05, 3.63) is 193 Å². The van der Waals surface area contributed by atoms with Crippen LogP contribution >= 0.6 is 11.3 Å². The van der Waals surface area contributed by atoms with Crippen LogP contribution in [0.25, 0.3) is 110 Å². The fourth-order valence-electron chi connectivity index (χ4n) is 10.4. The molecular weight excluding hydrogens is 765 g/mol. The second kappa shape index (κ2) is 11.9. The lowest BCUT2D eigenvalue weighted by Crippen LogP contribution is -2.23. The van der Waals surface area contributed by atoms with Gasteiger partial charge >= 0.3 is 0 Å². The summed E-state index contributed by atoms with van der Waals surface area (Å²) in [6, 6.07) is 63.4. The SMILES string of the molecule is CC12c3cc(c4sc(-c5ccccc5)nc4c3)-c3nc(-c4ccccc4)nc(n3)-n3c4ccccc4c4ccc5c6ccccc6n(c5c43)-c3ccc(c1c3)-c1ccccc12. The van der Waals surface area contributed by atoms with E-state index in [-0.39, 0.29) is 0 Å². The first-order valence-corrected chi connectivity index (χ1v) is 21.5. The first-order valence-electron chi connectivity index (χ1n) is 20.6. The summed E-state index contributed by atoms with van der Waals surface area (Å²) in [5.74, 6) is 1.79. The van der Waals surface area contributed by atoms with Gasteiger partial charge in [-0.25, -0.2) is 9.97 Å². The number of aromatic nitrogens is 6. The number of thiazole rings is 1. The fourth-order valence-corrected chi connectivity index (χ4v) is 11.5. The summed E-state index contributed by atoms with van der Waals surface area (Å²) in [5, 5.41) is 5.61. The van der Waals surface area contributed by atoms with Crippen molar-refractivity contribution in [2.75, 3.05) is 0 Å². The number of benzene rings is 8. The summed E-state index contributed by atoms with van der Waals surface area (Å²) in [6.45, 7) is 2.39. The number of nitrogens with zero attached hydrogens (tertiary/aromatic N) is 6. The van der Waals surface area contributed by atoms with Crippen LogP contribution in [0.5, 0.6) is 0 Å². The van der Waals surface area contributed by atoms with Crippen molar-refractivity contribution in [2.45, 2.75) is 12.3 Å². The Kier molecular flexibility index (Phi) is 6.48. The molecule has 0 saturated heterocycles. The second-order valence-corrected chi connectivity index (χ2v) is 17.4. The van der Waals surface area contributed by atoms with E-state index in [1.165, 1.54) is 33.0 Å². The average Bonchev–Trinajstić information content (AvgIpc) is 4.07. The van der Waals surface area contributed by atoms with Gasteiger partial charge in [0.2, 0.25) is 5.95 Å². The largest absolute Gasteiger partial charge is 0.307 e. The lowest BCUT2D eigenvalue weighted by molar-refractivity contribution is 0.714. The molecule has 61 heavy (non-hydrogen) atoms. The van der Waals surface area contributed by atoms with Gasteiger partial charge in [0.25, 0.3) is 0 Å². The molecule has 1 aliphatic carbocycles. The molecule has 1 atom stereocenters. The van der Waals surface area contributed by atoms with Crippen molar-refractivity contribution in [3.63, 3.8) is 0 Å². The normalized spacial score (nSPS) is 15.0. The molecule has 1 aliphatic heterocycles. The van der Waals surface area contributed by atoms with Crippen molar-refractivity contribution in [1.29, 1.82) is 0 Å². The molecule has 14 rings (SSSR count). The van der Waals surface area contributed by atoms with Crippen molar-refractivity contribution in [2.24, 2.45) is 0 Å². The van der Waals surface area contributed by atoms with Gasteiger partial charge in [-0.1, -0.05) is 140 Å². The molecule has 284 valence electrons. The van der Waals surface area contributed by atoms with Crippen molar-refractivity contribution < 1.29 is 0 Å². The van der Waals surface area contributed by atoms with E-state index in [9.17, 15) is 0 Å². The zero-order valence-corrected chi connectivity index (χ0v) is 33.7. The Bertz CT molecular complexity index is 3840. The lowest BCUT2D eigenvalue weighted by atomic mass is 9.73. The van der Waals surface area contributed by atoms with Crippen molar-refractivity contribution >= 4 is 65.2 Å². The highest BCUT2D eigenvalue weighted by molar-refractivity contribution is 7.22. The van der Waals surface area contributed by atoms with Crippen molar-refractivity contribution in [1.82, 2.24) is 29.1 Å². The van der Waals surface area contributed by atoms with Crippen LogP contribution in [0.3, 0.4) is 0 Å². The van der Waals surface area contributed by atoms with Crippen LogP contribution in [-0.4, -0.2) is 29.1 Å². The summed E-state index contributed by atoms with van der Waals surface area (Å²) in [4.78, 5) is 21.8. The number of rotatable bonds is 2. The highest BCUT2D eigenvalue weighted by atomic mass is 32.1. The first kappa shape index (κ1) is 33.1. The van der Waals surface area contributed by atoms with Crippen LogP contribution in [-0.2, 0) is 5.41 Å². The van der Waals surface area contributed by atoms with E-state index in [0.29, 0.717) is 17.6 Å². The van der Waals surface area contributed by atoms with Crippen LogP contribution in [0.1, 0.15) is 23.6 Å². The van der Waals surface area contributed by atoms with E-state index < -0.39 is 5.41 Å². The number of para-hydroxylation sites is 2. The van der Waals surface area contributed by atoms with Crippen LogP contribution in [0.2, 0.25) is 0 Å². The molecule has 1 unspecified atom stereocenters. The van der Waals surface area contributed by atoms with E-state index in [0.717, 1.165) is 76.0 Å². The van der Waals surface area contributed by atoms with Gasteiger partial charge in [-0.15, -0.1) is 11.3 Å². The molecule has 0 fully saturated rings. The molecular formula is C54H32N6S. The molecule has 2 aliphatic rings. The summed E-state index contributed by atoms with van der Waals surface area (Å²) in [7, 11) is 0. The van der Waals surface area contributed by atoms with Gasteiger partial charge in [0, 0.05) is 49.3 Å². The highest BCUT2D eigenvalue weighted by Crippen LogP contribution is 2.55. The Hall–Kier alpha value is -7.74. The zero-order valence-electron chi connectivity index (χ0n) is 32.8. The molecule has 4 aromatic heterocycles. The molecule has 12 aromatic rings. The third-order valence-electron chi connectivity index (χ3n) is 13.2. The smallest absolute Gasteiger partial charge is 0.238 e. The highest BCUT2D eigenvalue weighted by Gasteiger charge is 2.42. The minimum atomic E-state index is -0.535. The standard InChI is InChI=1S/C54H32N6S/c1-54-33-28-41(49-44(29-33)55-52(61-49)32-16-6-3-7-17-32)51-56-50(31-14-4-2-5-15-31)57-53(58-51)60-46-23-13-10-20-38(46)40-27-26-39-37-19-9-12-22-45(37)59(47(39)48(40)60)34-24-25-36(43(54)30-34)35-18-8-11-21-42(35)54/h2-30H,1H3. The van der Waals surface area contributed by atoms with Gasteiger partial charge in [0.1, 0.15) is 5.01 Å². The zero-order chi connectivity index (χ0) is 40.0. The van der Waals surface area contributed by atoms with Gasteiger partial charge in [0.05, 0.1) is 32.3 Å². The van der Waals surface area contributed by atoms with Gasteiger partial charge < -0.3 is 4.57 Å². The van der Waals surface area contributed by atoms with Gasteiger partial charge in [0.15, 0.2) is 11.6 Å². The molecule has 6 nitrogen and oxygen atoms in total. The summed E-state index contributed by atoms with van der Waals surface area (Å²) < 4.78 is 5.79. The molecule has 0 N–H and O–H groups in total. The number of hydrogen-bond acceptors (Lipinski definition) is 5. The van der Waals surface area contributed by atoms with Crippen LogP contribution < -0.4 is 0 Å². The summed E-state index contributed by atoms with van der Waals surface area (Å²) in [5.41, 5.74) is 14.9. The van der Waals surface area contributed by atoms with Gasteiger partial charge in [-0.05, 0) is 71.1 Å². The van der Waals surface area contributed by atoms with Crippen LogP contribution in [0.15, 0.2) is 176 Å². The average molecular weight is 797 g/mol. The molecule has 7 heteroatoms. The Morgan fingerprint density at radius 3 is 1.85 bits per heavy atom. The summed E-state index contributed by atoms with van der Waals surface area (Å²) in [6.07, 6.45) is 0. The number of fused-ring (bicyclic) bond motifs is 20. The maximum absolute atomic E-state index is 5.58. The topological polar surface area (TPSA) is 61.4 Å². The van der Waals surface area contributed by atoms with E-state index in [1.54, 1.807) is 11.3 Å². The van der Waals surface area contributed by atoms with E-state index >= 15 is 0 Å². The maximum atomic E-state index is 5.58. The monoisotopic (exact) mass is 796 g/mol. The van der Waals surface area contributed by atoms with Gasteiger partial charge in [-0.3, -0.25) is 4.57 Å².